The maximum atomic E-state index is 12.8. The fourth-order valence-corrected chi connectivity index (χ4v) is 6.45. The summed E-state index contributed by atoms with van der Waals surface area (Å²) in [5.41, 5.74) is 0. The molecule has 0 aliphatic carbocycles. The summed E-state index contributed by atoms with van der Waals surface area (Å²) in [6.07, 6.45) is 77.1. The molecule has 0 aromatic heterocycles. The summed E-state index contributed by atoms with van der Waals surface area (Å²) in [7, 11) is 0. The van der Waals surface area contributed by atoms with Gasteiger partial charge in [-0.05, 0) is 122 Å². The van der Waals surface area contributed by atoms with E-state index in [1.807, 2.05) is 6.08 Å². The lowest BCUT2D eigenvalue weighted by Gasteiger charge is -2.18. The molecule has 374 valence electrons. The van der Waals surface area contributed by atoms with E-state index in [-0.39, 0.29) is 31.6 Å². The van der Waals surface area contributed by atoms with Gasteiger partial charge in [0.05, 0.1) is 6.42 Å². The minimum Gasteiger partial charge on any atom is -0.462 e. The van der Waals surface area contributed by atoms with Crippen molar-refractivity contribution >= 4 is 17.9 Å². The van der Waals surface area contributed by atoms with Crippen LogP contribution in [0.3, 0.4) is 0 Å². The number of esters is 3. The molecular weight excluding hydrogens is 829 g/mol. The van der Waals surface area contributed by atoms with Gasteiger partial charge in [0.25, 0.3) is 0 Å². The zero-order chi connectivity index (χ0) is 48.6. The topological polar surface area (TPSA) is 78.9 Å². The van der Waals surface area contributed by atoms with Crippen molar-refractivity contribution in [2.75, 3.05) is 13.2 Å². The van der Waals surface area contributed by atoms with Gasteiger partial charge in [0.15, 0.2) is 6.10 Å². The lowest BCUT2D eigenvalue weighted by atomic mass is 10.1. The summed E-state index contributed by atoms with van der Waals surface area (Å²) < 4.78 is 16.7. The normalized spacial score (nSPS) is 13.3. The quantitative estimate of drug-likeness (QED) is 0.0262. The van der Waals surface area contributed by atoms with Gasteiger partial charge in [-0.15, -0.1) is 0 Å². The van der Waals surface area contributed by atoms with Crippen LogP contribution in [0.2, 0.25) is 0 Å². The van der Waals surface area contributed by atoms with Crippen molar-refractivity contribution in [2.45, 2.75) is 207 Å². The zero-order valence-corrected chi connectivity index (χ0v) is 42.6. The summed E-state index contributed by atoms with van der Waals surface area (Å²) in [5, 5.41) is 0. The number of allylic oxidation sites excluding steroid dienone is 23. The second-order valence-electron chi connectivity index (χ2n) is 16.7. The van der Waals surface area contributed by atoms with Crippen LogP contribution >= 0.6 is 0 Å². The molecule has 6 heteroatoms. The number of unbranched alkanes of at least 4 members (excludes halogenated alkanes) is 11. The minimum atomic E-state index is -0.858. The van der Waals surface area contributed by atoms with Crippen molar-refractivity contribution in [3.05, 3.63) is 146 Å². The molecule has 0 aliphatic heterocycles. The molecule has 0 aromatic carbocycles. The number of carbonyl (C=O) groups is 3. The first-order valence-electron chi connectivity index (χ1n) is 26.3. The summed E-state index contributed by atoms with van der Waals surface area (Å²) in [6, 6.07) is 0. The van der Waals surface area contributed by atoms with Gasteiger partial charge >= 0.3 is 17.9 Å². The molecule has 0 heterocycles. The molecule has 0 saturated carbocycles. The van der Waals surface area contributed by atoms with Crippen molar-refractivity contribution in [2.24, 2.45) is 0 Å². The summed E-state index contributed by atoms with van der Waals surface area (Å²) in [5.74, 6) is -1.13. The van der Waals surface area contributed by atoms with E-state index in [4.69, 9.17) is 14.2 Å². The highest BCUT2D eigenvalue weighted by Crippen LogP contribution is 2.11. The Morgan fingerprint density at radius 3 is 1.00 bits per heavy atom. The van der Waals surface area contributed by atoms with Crippen LogP contribution in [0.15, 0.2) is 146 Å². The molecule has 0 radical (unpaired) electrons. The molecule has 1 unspecified atom stereocenters. The maximum absolute atomic E-state index is 12.8. The molecule has 1 atom stereocenters. The van der Waals surface area contributed by atoms with Gasteiger partial charge in [0, 0.05) is 12.8 Å². The Morgan fingerprint density at radius 1 is 0.328 bits per heavy atom. The summed E-state index contributed by atoms with van der Waals surface area (Å²) >= 11 is 0. The predicted molar refractivity (Wildman–Crippen MR) is 288 cm³/mol. The molecule has 0 N–H and O–H groups in total. The fourth-order valence-electron chi connectivity index (χ4n) is 6.45. The first-order valence-corrected chi connectivity index (χ1v) is 26.3. The molecule has 0 spiro atoms. The van der Waals surface area contributed by atoms with E-state index < -0.39 is 12.1 Å². The molecule has 0 amide bonds. The Balaban J connectivity index is 4.61. The maximum Gasteiger partial charge on any atom is 0.310 e. The third-order valence-electron chi connectivity index (χ3n) is 10.3. The SMILES string of the molecule is CC/C=C\C/C=C\C/C=C\C/C=C\C/C=C\CCCCCC(=O)OCC(COC(=O)CCCCCCC/C=C\C/C=C\CCCCC)OC(=O)C/C=C\C/C=C\C/C=C\C/C=C\C/C=C\CC. The second-order valence-corrected chi connectivity index (χ2v) is 16.7. The molecular formula is C61H94O6. The van der Waals surface area contributed by atoms with Gasteiger partial charge in [-0.1, -0.05) is 205 Å². The van der Waals surface area contributed by atoms with Crippen molar-refractivity contribution in [3.63, 3.8) is 0 Å². The van der Waals surface area contributed by atoms with E-state index >= 15 is 0 Å². The Kier molecular flexibility index (Phi) is 50.1. The highest BCUT2D eigenvalue weighted by molar-refractivity contribution is 5.72. The number of carbonyl (C=O) groups excluding carboxylic acids is 3. The van der Waals surface area contributed by atoms with Crippen LogP contribution in [0.25, 0.3) is 0 Å². The Hall–Kier alpha value is -4.71. The fraction of sp³-hybridized carbons (Fsp3) is 0.557. The molecule has 0 fully saturated rings. The monoisotopic (exact) mass is 923 g/mol. The molecule has 0 rings (SSSR count). The van der Waals surface area contributed by atoms with Crippen LogP contribution in [-0.2, 0) is 28.6 Å². The van der Waals surface area contributed by atoms with E-state index in [1.165, 1.54) is 25.7 Å². The first-order chi connectivity index (χ1) is 33.0. The average molecular weight is 923 g/mol. The standard InChI is InChI=1S/C61H94O6/c1-4-7-10-13-16-19-22-25-28-29-30-31-34-36-39-42-45-48-51-54-60(63)66-57-58(67-61(64)55-52-49-46-43-40-37-33-27-24-21-18-15-12-9-6-3)56-65-59(62)53-50-47-44-41-38-35-32-26-23-20-17-14-11-8-5-2/h7,9-10,12,16-21,25-28,30-33,36,39-40,43,49,52,58H,4-6,8,11,13-15,22-24,29,34-35,37-38,41-42,44-48,50-51,53-57H2,1-3H3/b10-7-,12-9-,19-16-,20-17-,21-18-,28-25-,31-30-,32-26-,33-27-,39-36-,43-40-,52-49-. The summed E-state index contributed by atoms with van der Waals surface area (Å²) in [6.45, 7) is 6.23. The Morgan fingerprint density at radius 2 is 0.627 bits per heavy atom. The van der Waals surface area contributed by atoms with Crippen molar-refractivity contribution in [1.82, 2.24) is 0 Å². The van der Waals surface area contributed by atoms with Crippen molar-refractivity contribution < 1.29 is 28.6 Å². The minimum absolute atomic E-state index is 0.0791. The number of hydrogen-bond acceptors (Lipinski definition) is 6. The largest absolute Gasteiger partial charge is 0.462 e. The Labute approximate surface area is 410 Å². The van der Waals surface area contributed by atoms with Crippen molar-refractivity contribution in [3.8, 4) is 0 Å². The lowest BCUT2D eigenvalue weighted by molar-refractivity contribution is -0.166. The molecule has 0 aliphatic rings. The molecule has 0 aromatic rings. The molecule has 6 nitrogen and oxygen atoms in total. The van der Waals surface area contributed by atoms with E-state index in [2.05, 4.69) is 154 Å². The predicted octanol–water partition coefficient (Wildman–Crippen LogP) is 17.6. The van der Waals surface area contributed by atoms with Crippen LogP contribution in [-0.4, -0.2) is 37.2 Å². The first kappa shape index (κ1) is 62.3. The van der Waals surface area contributed by atoms with Gasteiger partial charge in [0.1, 0.15) is 13.2 Å². The molecule has 0 bridgehead atoms. The highest BCUT2D eigenvalue weighted by Gasteiger charge is 2.19. The van der Waals surface area contributed by atoms with E-state index in [0.29, 0.717) is 19.3 Å². The van der Waals surface area contributed by atoms with Gasteiger partial charge in [0.2, 0.25) is 0 Å². The third kappa shape index (κ3) is 52.1. The van der Waals surface area contributed by atoms with Crippen LogP contribution in [0.5, 0.6) is 0 Å². The summed E-state index contributed by atoms with van der Waals surface area (Å²) in [4.78, 5) is 38.0. The van der Waals surface area contributed by atoms with Crippen LogP contribution in [0, 0.1) is 0 Å². The van der Waals surface area contributed by atoms with Crippen LogP contribution in [0.1, 0.15) is 201 Å². The van der Waals surface area contributed by atoms with Crippen molar-refractivity contribution in [1.29, 1.82) is 0 Å². The smallest absolute Gasteiger partial charge is 0.310 e. The van der Waals surface area contributed by atoms with Gasteiger partial charge in [-0.25, -0.2) is 0 Å². The molecule has 67 heavy (non-hydrogen) atoms. The zero-order valence-electron chi connectivity index (χ0n) is 42.6. The number of rotatable bonds is 45. The number of hydrogen-bond donors (Lipinski definition) is 0. The Bertz CT molecular complexity index is 1530. The van der Waals surface area contributed by atoms with Crippen LogP contribution < -0.4 is 0 Å². The van der Waals surface area contributed by atoms with E-state index in [0.717, 1.165) is 128 Å². The average Bonchev–Trinajstić information content (AvgIpc) is 3.33. The van der Waals surface area contributed by atoms with E-state index in [1.54, 1.807) is 6.08 Å². The van der Waals surface area contributed by atoms with Gasteiger partial charge < -0.3 is 14.2 Å². The van der Waals surface area contributed by atoms with E-state index in [9.17, 15) is 14.4 Å². The highest BCUT2D eigenvalue weighted by atomic mass is 16.6. The van der Waals surface area contributed by atoms with Gasteiger partial charge in [-0.2, -0.15) is 0 Å². The second kappa shape index (κ2) is 53.9. The third-order valence-corrected chi connectivity index (χ3v) is 10.3. The lowest BCUT2D eigenvalue weighted by Crippen LogP contribution is -2.30. The van der Waals surface area contributed by atoms with Gasteiger partial charge in [-0.3, -0.25) is 14.4 Å². The van der Waals surface area contributed by atoms with Crippen LogP contribution in [0.4, 0.5) is 0 Å². The molecule has 0 saturated heterocycles. The number of ether oxygens (including phenoxy) is 3.